The van der Waals surface area contributed by atoms with Crippen molar-refractivity contribution < 1.29 is 0 Å². The zero-order valence-electron chi connectivity index (χ0n) is 10.6. The van der Waals surface area contributed by atoms with E-state index < -0.39 is 0 Å². The van der Waals surface area contributed by atoms with Crippen molar-refractivity contribution in [1.29, 1.82) is 0 Å². The van der Waals surface area contributed by atoms with Gasteiger partial charge < -0.3 is 0 Å². The highest BCUT2D eigenvalue weighted by Gasteiger charge is 2.09. The molecule has 18 heavy (non-hydrogen) atoms. The standard InChI is InChI=1S/C18H18/c1-2-6-15(7-3-1)10-11-16-12-13-17-8-4-5-9-18(17)14-16/h1-9,14H,10-13H2. The van der Waals surface area contributed by atoms with E-state index in [0.29, 0.717) is 0 Å². The van der Waals surface area contributed by atoms with Crippen LogP contribution in [0.15, 0.2) is 60.2 Å². The van der Waals surface area contributed by atoms with E-state index in [1.54, 1.807) is 5.57 Å². The number of aryl methyl sites for hydroxylation is 2. The van der Waals surface area contributed by atoms with Crippen molar-refractivity contribution in [1.82, 2.24) is 0 Å². The molecule has 1 aliphatic rings. The second-order valence-corrected chi connectivity index (χ2v) is 4.99. The van der Waals surface area contributed by atoms with Gasteiger partial charge in [-0.05, 0) is 42.4 Å². The molecule has 0 nitrogen and oxygen atoms in total. The molecule has 0 heteroatoms. The maximum Gasteiger partial charge on any atom is -0.0225 e. The molecular formula is C18H18. The zero-order valence-corrected chi connectivity index (χ0v) is 10.6. The molecule has 0 fully saturated rings. The quantitative estimate of drug-likeness (QED) is 0.725. The minimum Gasteiger partial charge on any atom is -0.0690 e. The van der Waals surface area contributed by atoms with Crippen LogP contribution in [0.25, 0.3) is 6.08 Å². The van der Waals surface area contributed by atoms with Gasteiger partial charge in [0, 0.05) is 0 Å². The Labute approximate surface area is 109 Å². The highest BCUT2D eigenvalue weighted by molar-refractivity contribution is 5.59. The molecule has 0 radical (unpaired) electrons. The van der Waals surface area contributed by atoms with E-state index in [1.807, 2.05) is 0 Å². The topological polar surface area (TPSA) is 0 Å². The average Bonchev–Trinajstić information content (AvgIpc) is 2.46. The Hall–Kier alpha value is -1.82. The molecule has 0 aliphatic heterocycles. The SMILES string of the molecule is C1=C(CCc2ccccc2)CCc2ccccc21. The summed E-state index contributed by atoms with van der Waals surface area (Å²) in [7, 11) is 0. The largest absolute Gasteiger partial charge is 0.0690 e. The Balaban J connectivity index is 1.70. The van der Waals surface area contributed by atoms with Crippen molar-refractivity contribution in [2.24, 2.45) is 0 Å². The van der Waals surface area contributed by atoms with Crippen molar-refractivity contribution in [3.05, 3.63) is 76.9 Å². The number of fused-ring (bicyclic) bond motifs is 1. The van der Waals surface area contributed by atoms with Crippen LogP contribution in [-0.2, 0) is 12.8 Å². The van der Waals surface area contributed by atoms with Crippen molar-refractivity contribution in [2.75, 3.05) is 0 Å². The summed E-state index contributed by atoms with van der Waals surface area (Å²) in [4.78, 5) is 0. The summed E-state index contributed by atoms with van der Waals surface area (Å²) in [6.07, 6.45) is 7.18. The molecular weight excluding hydrogens is 216 g/mol. The molecule has 0 aromatic heterocycles. The second kappa shape index (κ2) is 5.22. The van der Waals surface area contributed by atoms with Crippen LogP contribution < -0.4 is 0 Å². The van der Waals surface area contributed by atoms with Crippen LogP contribution in [0.4, 0.5) is 0 Å². The summed E-state index contributed by atoms with van der Waals surface area (Å²) in [6.45, 7) is 0. The lowest BCUT2D eigenvalue weighted by Gasteiger charge is -2.16. The van der Waals surface area contributed by atoms with E-state index in [1.165, 1.54) is 36.0 Å². The van der Waals surface area contributed by atoms with Gasteiger partial charge in [-0.2, -0.15) is 0 Å². The van der Waals surface area contributed by atoms with Gasteiger partial charge in [-0.25, -0.2) is 0 Å². The molecule has 0 amide bonds. The fraction of sp³-hybridized carbons (Fsp3) is 0.222. The molecule has 0 spiro atoms. The van der Waals surface area contributed by atoms with E-state index in [9.17, 15) is 0 Å². The Morgan fingerprint density at radius 2 is 1.50 bits per heavy atom. The van der Waals surface area contributed by atoms with Crippen LogP contribution in [0, 0.1) is 0 Å². The minimum atomic E-state index is 1.16. The Morgan fingerprint density at radius 3 is 2.39 bits per heavy atom. The fourth-order valence-electron chi connectivity index (χ4n) is 2.64. The first-order chi connectivity index (χ1) is 8.92. The van der Waals surface area contributed by atoms with Gasteiger partial charge in [0.05, 0.1) is 0 Å². The number of hydrogen-bond donors (Lipinski definition) is 0. The molecule has 3 rings (SSSR count). The Bertz CT molecular complexity index is 549. The highest BCUT2D eigenvalue weighted by Crippen LogP contribution is 2.26. The normalized spacial score (nSPS) is 13.9. The summed E-state index contributed by atoms with van der Waals surface area (Å²) in [5, 5.41) is 0. The number of allylic oxidation sites excluding steroid dienone is 1. The first-order valence-corrected chi connectivity index (χ1v) is 6.73. The van der Waals surface area contributed by atoms with Gasteiger partial charge in [-0.1, -0.05) is 66.2 Å². The molecule has 0 unspecified atom stereocenters. The summed E-state index contributed by atoms with van der Waals surface area (Å²) in [5.74, 6) is 0. The Kier molecular flexibility index (Phi) is 3.27. The first-order valence-electron chi connectivity index (χ1n) is 6.73. The van der Waals surface area contributed by atoms with Gasteiger partial charge in [0.1, 0.15) is 0 Å². The number of benzene rings is 2. The molecule has 0 heterocycles. The predicted octanol–water partition coefficient (Wildman–Crippen LogP) is 4.65. The third-order valence-corrected chi connectivity index (χ3v) is 3.71. The highest BCUT2D eigenvalue weighted by atomic mass is 14.1. The van der Waals surface area contributed by atoms with E-state index in [2.05, 4.69) is 60.7 Å². The fourth-order valence-corrected chi connectivity index (χ4v) is 2.64. The van der Waals surface area contributed by atoms with Gasteiger partial charge >= 0.3 is 0 Å². The van der Waals surface area contributed by atoms with Gasteiger partial charge in [-0.3, -0.25) is 0 Å². The van der Waals surface area contributed by atoms with Crippen LogP contribution in [0.1, 0.15) is 29.5 Å². The van der Waals surface area contributed by atoms with Crippen molar-refractivity contribution in [2.45, 2.75) is 25.7 Å². The lowest BCUT2D eigenvalue weighted by molar-refractivity contribution is 0.830. The van der Waals surface area contributed by atoms with Gasteiger partial charge in [0.2, 0.25) is 0 Å². The number of hydrogen-bond acceptors (Lipinski definition) is 0. The van der Waals surface area contributed by atoms with Crippen LogP contribution >= 0.6 is 0 Å². The second-order valence-electron chi connectivity index (χ2n) is 4.99. The molecule has 0 saturated carbocycles. The molecule has 0 N–H and O–H groups in total. The maximum atomic E-state index is 2.39. The van der Waals surface area contributed by atoms with E-state index in [-0.39, 0.29) is 0 Å². The predicted molar refractivity (Wildman–Crippen MR) is 77.5 cm³/mol. The smallest absolute Gasteiger partial charge is 0.0225 e. The van der Waals surface area contributed by atoms with E-state index in [0.717, 1.165) is 6.42 Å². The van der Waals surface area contributed by atoms with Gasteiger partial charge in [0.25, 0.3) is 0 Å². The molecule has 2 aromatic rings. The summed E-state index contributed by atoms with van der Waals surface area (Å²) < 4.78 is 0. The van der Waals surface area contributed by atoms with E-state index >= 15 is 0 Å². The molecule has 0 saturated heterocycles. The maximum absolute atomic E-state index is 2.39. The zero-order chi connectivity index (χ0) is 12.2. The van der Waals surface area contributed by atoms with Crippen LogP contribution in [0.5, 0.6) is 0 Å². The first kappa shape index (κ1) is 11.3. The van der Waals surface area contributed by atoms with Crippen molar-refractivity contribution in [3.8, 4) is 0 Å². The molecule has 1 aliphatic carbocycles. The monoisotopic (exact) mass is 234 g/mol. The van der Waals surface area contributed by atoms with Crippen LogP contribution in [0.3, 0.4) is 0 Å². The Morgan fingerprint density at radius 1 is 0.722 bits per heavy atom. The summed E-state index contributed by atoms with van der Waals surface area (Å²) in [5.41, 5.74) is 5.96. The summed E-state index contributed by atoms with van der Waals surface area (Å²) in [6, 6.07) is 19.5. The minimum absolute atomic E-state index is 1.16. The molecule has 0 bridgehead atoms. The summed E-state index contributed by atoms with van der Waals surface area (Å²) >= 11 is 0. The van der Waals surface area contributed by atoms with Crippen molar-refractivity contribution >= 4 is 6.08 Å². The van der Waals surface area contributed by atoms with Crippen LogP contribution in [0.2, 0.25) is 0 Å². The van der Waals surface area contributed by atoms with Crippen molar-refractivity contribution in [3.63, 3.8) is 0 Å². The third-order valence-electron chi connectivity index (χ3n) is 3.71. The molecule has 2 aromatic carbocycles. The lowest BCUT2D eigenvalue weighted by atomic mass is 9.89. The molecule has 90 valence electrons. The van der Waals surface area contributed by atoms with E-state index in [4.69, 9.17) is 0 Å². The van der Waals surface area contributed by atoms with Gasteiger partial charge in [0.15, 0.2) is 0 Å². The average molecular weight is 234 g/mol. The lowest BCUT2D eigenvalue weighted by Crippen LogP contribution is -2.00. The van der Waals surface area contributed by atoms with Gasteiger partial charge in [-0.15, -0.1) is 0 Å². The van der Waals surface area contributed by atoms with Crippen LogP contribution in [-0.4, -0.2) is 0 Å². The third kappa shape index (κ3) is 2.53. The number of rotatable bonds is 3. The molecule has 0 atom stereocenters.